The third-order valence-electron chi connectivity index (χ3n) is 4.00. The Labute approximate surface area is 132 Å². The van der Waals surface area contributed by atoms with Crippen molar-refractivity contribution in [3.05, 3.63) is 29.8 Å². The van der Waals surface area contributed by atoms with Crippen molar-refractivity contribution in [2.24, 2.45) is 0 Å². The molecule has 7 heteroatoms. The van der Waals surface area contributed by atoms with E-state index in [0.29, 0.717) is 6.54 Å². The molecule has 1 heterocycles. The Morgan fingerprint density at radius 3 is 2.70 bits per heavy atom. The maximum atomic E-state index is 12.7. The van der Waals surface area contributed by atoms with Crippen molar-refractivity contribution in [2.45, 2.75) is 44.8 Å². The molecule has 1 atom stereocenters. The van der Waals surface area contributed by atoms with Gasteiger partial charge in [-0.05, 0) is 43.9 Å². The molecule has 1 aliphatic rings. The second-order valence-corrected chi connectivity index (χ2v) is 5.59. The van der Waals surface area contributed by atoms with Crippen LogP contribution in [0.3, 0.4) is 0 Å². The fourth-order valence-corrected chi connectivity index (χ4v) is 2.78. The van der Waals surface area contributed by atoms with Gasteiger partial charge in [-0.15, -0.1) is 0 Å². The highest BCUT2D eigenvalue weighted by molar-refractivity contribution is 6.39. The van der Waals surface area contributed by atoms with Crippen molar-refractivity contribution in [3.63, 3.8) is 0 Å². The molecule has 1 unspecified atom stereocenters. The van der Waals surface area contributed by atoms with Crippen molar-refractivity contribution in [1.29, 1.82) is 0 Å². The molecular weight excluding hydrogens is 309 g/mol. The topological polar surface area (TPSA) is 49.4 Å². The van der Waals surface area contributed by atoms with Crippen LogP contribution in [-0.4, -0.2) is 29.3 Å². The largest absolute Gasteiger partial charge is 0.416 e. The average Bonchev–Trinajstić information content (AvgIpc) is 2.53. The number of nitrogens with one attached hydrogen (secondary N) is 1. The highest BCUT2D eigenvalue weighted by Gasteiger charge is 2.32. The second-order valence-electron chi connectivity index (χ2n) is 5.59. The quantitative estimate of drug-likeness (QED) is 0.846. The predicted molar refractivity (Wildman–Crippen MR) is 79.7 cm³/mol. The van der Waals surface area contributed by atoms with Crippen LogP contribution in [0, 0.1) is 0 Å². The number of hydrogen-bond acceptors (Lipinski definition) is 2. The number of likely N-dealkylation sites (tertiary alicyclic amines) is 1. The number of alkyl halides is 3. The minimum atomic E-state index is -4.50. The van der Waals surface area contributed by atoms with Crippen LogP contribution in [0.2, 0.25) is 0 Å². The lowest BCUT2D eigenvalue weighted by atomic mass is 10.00. The first-order chi connectivity index (χ1) is 10.8. The van der Waals surface area contributed by atoms with Gasteiger partial charge in [0.15, 0.2) is 0 Å². The third kappa shape index (κ3) is 4.24. The summed E-state index contributed by atoms with van der Waals surface area (Å²) in [6, 6.07) is 4.27. The maximum Gasteiger partial charge on any atom is 0.416 e. The van der Waals surface area contributed by atoms with Crippen molar-refractivity contribution < 1.29 is 22.8 Å². The maximum absolute atomic E-state index is 12.7. The molecule has 0 aromatic heterocycles. The van der Waals surface area contributed by atoms with E-state index >= 15 is 0 Å². The van der Waals surface area contributed by atoms with Crippen molar-refractivity contribution in [3.8, 4) is 0 Å². The number of hydrogen-bond donors (Lipinski definition) is 1. The van der Waals surface area contributed by atoms with Gasteiger partial charge < -0.3 is 10.2 Å². The van der Waals surface area contributed by atoms with E-state index in [4.69, 9.17) is 0 Å². The third-order valence-corrected chi connectivity index (χ3v) is 4.00. The van der Waals surface area contributed by atoms with Gasteiger partial charge in [-0.2, -0.15) is 13.2 Å². The Morgan fingerprint density at radius 1 is 1.30 bits per heavy atom. The first-order valence-corrected chi connectivity index (χ1v) is 7.62. The number of benzene rings is 1. The number of rotatable bonds is 2. The lowest BCUT2D eigenvalue weighted by molar-refractivity contribution is -0.145. The number of carbonyl (C=O) groups is 2. The summed E-state index contributed by atoms with van der Waals surface area (Å²) in [7, 11) is 0. The summed E-state index contributed by atoms with van der Waals surface area (Å²) in [4.78, 5) is 25.8. The average molecular weight is 328 g/mol. The summed E-state index contributed by atoms with van der Waals surface area (Å²) in [6.45, 7) is 2.45. The van der Waals surface area contributed by atoms with Gasteiger partial charge in [-0.1, -0.05) is 13.0 Å². The van der Waals surface area contributed by atoms with E-state index in [1.807, 2.05) is 6.92 Å². The van der Waals surface area contributed by atoms with Crippen LogP contribution >= 0.6 is 0 Å². The molecule has 0 spiro atoms. The summed E-state index contributed by atoms with van der Waals surface area (Å²) in [6.07, 6.45) is -1.05. The zero-order valence-electron chi connectivity index (χ0n) is 12.8. The van der Waals surface area contributed by atoms with Crippen LogP contribution in [0.4, 0.5) is 18.9 Å². The fourth-order valence-electron chi connectivity index (χ4n) is 2.78. The highest BCUT2D eigenvalue weighted by Crippen LogP contribution is 2.30. The Morgan fingerprint density at radius 2 is 2.04 bits per heavy atom. The number of piperidine rings is 1. The zero-order chi connectivity index (χ0) is 17.0. The van der Waals surface area contributed by atoms with Gasteiger partial charge in [-0.25, -0.2) is 0 Å². The van der Waals surface area contributed by atoms with E-state index in [1.165, 1.54) is 17.0 Å². The molecular formula is C16H19F3N2O2. The highest BCUT2D eigenvalue weighted by atomic mass is 19.4. The molecule has 4 nitrogen and oxygen atoms in total. The van der Waals surface area contributed by atoms with Crippen LogP contribution in [0.25, 0.3) is 0 Å². The van der Waals surface area contributed by atoms with Gasteiger partial charge in [0.1, 0.15) is 0 Å². The molecule has 0 aliphatic carbocycles. The van der Waals surface area contributed by atoms with Crippen molar-refractivity contribution in [1.82, 2.24) is 4.90 Å². The minimum absolute atomic E-state index is 0.0171. The molecule has 0 bridgehead atoms. The van der Waals surface area contributed by atoms with Gasteiger partial charge >= 0.3 is 18.0 Å². The molecule has 23 heavy (non-hydrogen) atoms. The van der Waals surface area contributed by atoms with Crippen LogP contribution in [0.5, 0.6) is 0 Å². The molecule has 2 amide bonds. The standard InChI is InChI=1S/C16H19F3N2O2/c1-2-13-8-3-4-9-21(13)15(23)14(22)20-12-7-5-6-11(10-12)16(17,18)19/h5-7,10,13H,2-4,8-9H2,1H3,(H,20,22). The number of halogens is 3. The number of amides is 2. The molecule has 1 aromatic rings. The van der Waals surface area contributed by atoms with Crippen molar-refractivity contribution in [2.75, 3.05) is 11.9 Å². The first-order valence-electron chi connectivity index (χ1n) is 7.62. The summed E-state index contributed by atoms with van der Waals surface area (Å²) >= 11 is 0. The van der Waals surface area contributed by atoms with Crippen LogP contribution in [-0.2, 0) is 15.8 Å². The fraction of sp³-hybridized carbons (Fsp3) is 0.500. The summed E-state index contributed by atoms with van der Waals surface area (Å²) in [5.74, 6) is -1.58. The summed E-state index contributed by atoms with van der Waals surface area (Å²) < 4.78 is 38.0. The van der Waals surface area contributed by atoms with E-state index in [9.17, 15) is 22.8 Å². The van der Waals surface area contributed by atoms with E-state index in [0.717, 1.165) is 37.8 Å². The zero-order valence-corrected chi connectivity index (χ0v) is 12.8. The Kier molecular flexibility index (Phi) is 5.28. The molecule has 1 aliphatic heterocycles. The Hall–Kier alpha value is -2.05. The van der Waals surface area contributed by atoms with Gasteiger partial charge in [0.25, 0.3) is 0 Å². The molecule has 1 fully saturated rings. The molecule has 126 valence electrons. The summed E-state index contributed by atoms with van der Waals surface area (Å²) in [5, 5.41) is 2.27. The molecule has 1 N–H and O–H groups in total. The normalized spacial score (nSPS) is 18.6. The van der Waals surface area contributed by atoms with Crippen molar-refractivity contribution >= 4 is 17.5 Å². The molecule has 2 rings (SSSR count). The number of nitrogens with zero attached hydrogens (tertiary/aromatic N) is 1. The van der Waals surface area contributed by atoms with Gasteiger partial charge in [0, 0.05) is 18.3 Å². The van der Waals surface area contributed by atoms with E-state index in [-0.39, 0.29) is 11.7 Å². The van der Waals surface area contributed by atoms with Crippen LogP contribution < -0.4 is 5.32 Å². The number of carbonyl (C=O) groups excluding carboxylic acids is 2. The van der Waals surface area contributed by atoms with Crippen LogP contribution in [0.1, 0.15) is 38.2 Å². The van der Waals surface area contributed by atoms with E-state index < -0.39 is 23.6 Å². The lowest BCUT2D eigenvalue weighted by Crippen LogP contribution is -2.48. The van der Waals surface area contributed by atoms with Gasteiger partial charge in [0.2, 0.25) is 0 Å². The molecule has 0 saturated carbocycles. The SMILES string of the molecule is CCC1CCCCN1C(=O)C(=O)Nc1cccc(C(F)(F)F)c1. The second kappa shape index (κ2) is 7.02. The number of anilines is 1. The van der Waals surface area contributed by atoms with E-state index in [1.54, 1.807) is 0 Å². The minimum Gasteiger partial charge on any atom is -0.331 e. The van der Waals surface area contributed by atoms with E-state index in [2.05, 4.69) is 5.32 Å². The molecule has 0 radical (unpaired) electrons. The smallest absolute Gasteiger partial charge is 0.331 e. The lowest BCUT2D eigenvalue weighted by Gasteiger charge is -2.34. The van der Waals surface area contributed by atoms with Gasteiger partial charge in [0.05, 0.1) is 5.56 Å². The molecule has 1 saturated heterocycles. The Bertz CT molecular complexity index is 587. The monoisotopic (exact) mass is 328 g/mol. The molecule has 1 aromatic carbocycles. The predicted octanol–water partition coefficient (Wildman–Crippen LogP) is 3.44. The van der Waals surface area contributed by atoms with Crippen LogP contribution in [0.15, 0.2) is 24.3 Å². The Balaban J connectivity index is 2.08. The first kappa shape index (κ1) is 17.3. The van der Waals surface area contributed by atoms with Gasteiger partial charge in [-0.3, -0.25) is 9.59 Å². The summed E-state index contributed by atoms with van der Waals surface area (Å²) in [5.41, 5.74) is -0.907.